The maximum Gasteiger partial charge on any atom is 0.173 e. The van der Waals surface area contributed by atoms with Gasteiger partial charge in [0, 0.05) is 12.2 Å². The van der Waals surface area contributed by atoms with Gasteiger partial charge in [-0.1, -0.05) is 23.9 Å². The molecule has 0 bridgehead atoms. The highest BCUT2D eigenvalue weighted by atomic mass is 32.2. The van der Waals surface area contributed by atoms with Gasteiger partial charge in [0.1, 0.15) is 5.75 Å². The van der Waals surface area contributed by atoms with Crippen molar-refractivity contribution in [2.45, 2.75) is 37.3 Å². The molecule has 1 unspecified atom stereocenters. The summed E-state index contributed by atoms with van der Waals surface area (Å²) in [5.41, 5.74) is 1.36. The van der Waals surface area contributed by atoms with E-state index in [1.54, 1.807) is 31.5 Å². The third-order valence-electron chi connectivity index (χ3n) is 4.20. The van der Waals surface area contributed by atoms with E-state index in [-0.39, 0.29) is 24.2 Å². The second kappa shape index (κ2) is 8.51. The second-order valence-electron chi connectivity index (χ2n) is 5.88. The minimum Gasteiger partial charge on any atom is -0.497 e. The molecule has 1 aromatic heterocycles. The van der Waals surface area contributed by atoms with Gasteiger partial charge in [-0.15, -0.1) is 0 Å². The Labute approximate surface area is 151 Å². The van der Waals surface area contributed by atoms with Crippen LogP contribution in [0.25, 0.3) is 0 Å². The third-order valence-corrected chi connectivity index (χ3v) is 5.19. The van der Waals surface area contributed by atoms with Crippen LogP contribution in [0.3, 0.4) is 0 Å². The number of aromatic nitrogens is 2. The predicted octanol–water partition coefficient (Wildman–Crippen LogP) is 2.54. The fourth-order valence-electron chi connectivity index (χ4n) is 2.83. The van der Waals surface area contributed by atoms with Gasteiger partial charge in [-0.2, -0.15) is 0 Å². The zero-order valence-corrected chi connectivity index (χ0v) is 15.0. The average Bonchev–Trinajstić information content (AvgIpc) is 3.30. The van der Waals surface area contributed by atoms with E-state index in [4.69, 9.17) is 9.47 Å². The van der Waals surface area contributed by atoms with Gasteiger partial charge >= 0.3 is 0 Å². The van der Waals surface area contributed by atoms with Crippen molar-refractivity contribution in [3.8, 4) is 5.75 Å². The van der Waals surface area contributed by atoms with Crippen LogP contribution >= 0.6 is 11.8 Å². The number of aliphatic hydroxyl groups is 1. The van der Waals surface area contributed by atoms with Crippen molar-refractivity contribution in [1.82, 2.24) is 9.55 Å². The molecule has 0 aliphatic carbocycles. The largest absolute Gasteiger partial charge is 0.497 e. The number of hydrogen-bond donors (Lipinski definition) is 1. The lowest BCUT2D eigenvalue weighted by Crippen LogP contribution is -2.18. The summed E-state index contributed by atoms with van der Waals surface area (Å²) in [6.45, 7) is 1.36. The van der Waals surface area contributed by atoms with E-state index in [2.05, 4.69) is 4.98 Å². The van der Waals surface area contributed by atoms with E-state index in [1.165, 1.54) is 11.8 Å². The van der Waals surface area contributed by atoms with Crippen molar-refractivity contribution in [2.24, 2.45) is 0 Å². The smallest absolute Gasteiger partial charge is 0.173 e. The average molecular weight is 362 g/mol. The topological polar surface area (TPSA) is 73.6 Å². The maximum absolute atomic E-state index is 12.4. The SMILES string of the molecule is COc1cccc(C(=O)CSc2ncc(CO)n2CC2CCCO2)c1. The molecule has 0 spiro atoms. The Balaban J connectivity index is 1.67. The molecule has 0 amide bonds. The number of imidazole rings is 1. The highest BCUT2D eigenvalue weighted by Crippen LogP contribution is 2.24. The summed E-state index contributed by atoms with van der Waals surface area (Å²) in [6, 6.07) is 7.13. The molecule has 6 nitrogen and oxygen atoms in total. The van der Waals surface area contributed by atoms with Crippen LogP contribution in [0.15, 0.2) is 35.6 Å². The molecule has 2 heterocycles. The lowest BCUT2D eigenvalue weighted by atomic mass is 10.1. The number of nitrogens with zero attached hydrogens (tertiary/aromatic N) is 2. The van der Waals surface area contributed by atoms with E-state index in [0.29, 0.717) is 17.9 Å². The molecule has 1 aromatic carbocycles. The molecular formula is C18H22N2O4S. The summed E-state index contributed by atoms with van der Waals surface area (Å²) in [5, 5.41) is 10.3. The minimum atomic E-state index is -0.0793. The predicted molar refractivity (Wildman–Crippen MR) is 95.2 cm³/mol. The number of benzene rings is 1. The molecule has 0 saturated carbocycles. The van der Waals surface area contributed by atoms with Crippen molar-refractivity contribution in [3.05, 3.63) is 41.7 Å². The van der Waals surface area contributed by atoms with Gasteiger partial charge in [-0.05, 0) is 25.0 Å². The minimum absolute atomic E-state index is 0.0149. The molecule has 2 aromatic rings. The molecule has 1 fully saturated rings. The summed E-state index contributed by atoms with van der Waals surface area (Å²) in [5.74, 6) is 0.958. The number of carbonyl (C=O) groups is 1. The van der Waals surface area contributed by atoms with Gasteiger partial charge in [0.2, 0.25) is 0 Å². The van der Waals surface area contributed by atoms with Crippen molar-refractivity contribution in [3.63, 3.8) is 0 Å². The summed E-state index contributed by atoms with van der Waals surface area (Å²) in [7, 11) is 1.58. The number of ether oxygens (including phenoxy) is 2. The van der Waals surface area contributed by atoms with Gasteiger partial charge in [-0.25, -0.2) is 4.98 Å². The van der Waals surface area contributed by atoms with Crippen molar-refractivity contribution in [2.75, 3.05) is 19.5 Å². The molecule has 1 N–H and O–H groups in total. The molecular weight excluding hydrogens is 340 g/mol. The van der Waals surface area contributed by atoms with Gasteiger partial charge < -0.3 is 19.1 Å². The van der Waals surface area contributed by atoms with Gasteiger partial charge in [0.15, 0.2) is 10.9 Å². The molecule has 1 saturated heterocycles. The highest BCUT2D eigenvalue weighted by molar-refractivity contribution is 7.99. The van der Waals surface area contributed by atoms with Gasteiger partial charge in [0.05, 0.1) is 44.0 Å². The Kier molecular flexibility index (Phi) is 6.12. The van der Waals surface area contributed by atoms with Crippen LogP contribution in [-0.4, -0.2) is 46.0 Å². The first kappa shape index (κ1) is 18.0. The monoisotopic (exact) mass is 362 g/mol. The van der Waals surface area contributed by atoms with Gasteiger partial charge in [0.25, 0.3) is 0 Å². The molecule has 1 aliphatic rings. The molecule has 1 aliphatic heterocycles. The van der Waals surface area contributed by atoms with Crippen LogP contribution in [0.2, 0.25) is 0 Å². The van der Waals surface area contributed by atoms with E-state index in [1.807, 2.05) is 10.6 Å². The van der Waals surface area contributed by atoms with Crippen LogP contribution in [0.5, 0.6) is 5.75 Å². The van der Waals surface area contributed by atoms with Crippen LogP contribution in [0, 0.1) is 0 Å². The molecule has 0 radical (unpaired) electrons. The zero-order chi connectivity index (χ0) is 17.6. The zero-order valence-electron chi connectivity index (χ0n) is 14.2. The maximum atomic E-state index is 12.4. The number of thioether (sulfide) groups is 1. The Hall–Kier alpha value is -1.83. The fraction of sp³-hybridized carbons (Fsp3) is 0.444. The summed E-state index contributed by atoms with van der Waals surface area (Å²) >= 11 is 1.38. The van der Waals surface area contributed by atoms with E-state index in [0.717, 1.165) is 30.3 Å². The highest BCUT2D eigenvalue weighted by Gasteiger charge is 2.20. The first-order valence-corrected chi connectivity index (χ1v) is 9.26. The van der Waals surface area contributed by atoms with Crippen molar-refractivity contribution < 1.29 is 19.4 Å². The number of rotatable bonds is 8. The number of carbonyl (C=O) groups excluding carboxylic acids is 1. The Morgan fingerprint density at radius 1 is 1.52 bits per heavy atom. The van der Waals surface area contributed by atoms with E-state index in [9.17, 15) is 9.90 Å². The van der Waals surface area contributed by atoms with Crippen LogP contribution in [-0.2, 0) is 17.9 Å². The Bertz CT molecular complexity index is 726. The molecule has 7 heteroatoms. The summed E-state index contributed by atoms with van der Waals surface area (Å²) < 4.78 is 12.8. The Morgan fingerprint density at radius 3 is 3.12 bits per heavy atom. The second-order valence-corrected chi connectivity index (χ2v) is 6.82. The van der Waals surface area contributed by atoms with Crippen molar-refractivity contribution >= 4 is 17.5 Å². The van der Waals surface area contributed by atoms with Crippen LogP contribution < -0.4 is 4.74 Å². The molecule has 134 valence electrons. The van der Waals surface area contributed by atoms with Crippen LogP contribution in [0.4, 0.5) is 0 Å². The number of methoxy groups -OCH3 is 1. The quantitative estimate of drug-likeness (QED) is 0.575. The summed E-state index contributed by atoms with van der Waals surface area (Å²) in [6.07, 6.45) is 3.88. The molecule has 1 atom stereocenters. The number of aliphatic hydroxyl groups excluding tert-OH is 1. The lowest BCUT2D eigenvalue weighted by molar-refractivity contribution is 0.0930. The van der Waals surface area contributed by atoms with Crippen molar-refractivity contribution in [1.29, 1.82) is 0 Å². The third kappa shape index (κ3) is 4.42. The number of ketones is 1. The summed E-state index contributed by atoms with van der Waals surface area (Å²) in [4.78, 5) is 16.8. The Morgan fingerprint density at radius 2 is 2.40 bits per heavy atom. The first-order chi connectivity index (χ1) is 12.2. The lowest BCUT2D eigenvalue weighted by Gasteiger charge is -2.15. The normalized spacial score (nSPS) is 17.0. The van der Waals surface area contributed by atoms with Gasteiger partial charge in [-0.3, -0.25) is 4.79 Å². The standard InChI is InChI=1S/C18H22N2O4S/c1-23-15-5-2-4-13(8-15)17(22)12-25-18-19-9-14(11-21)20(18)10-16-6-3-7-24-16/h2,4-5,8-9,16,21H,3,6-7,10-12H2,1H3. The molecule has 3 rings (SSSR count). The van der Waals surface area contributed by atoms with E-state index < -0.39 is 0 Å². The number of Topliss-reactive ketones (excluding diaryl/α,β-unsaturated/α-hetero) is 1. The van der Waals surface area contributed by atoms with E-state index >= 15 is 0 Å². The fourth-order valence-corrected chi connectivity index (χ4v) is 3.73. The molecule has 25 heavy (non-hydrogen) atoms. The number of hydrogen-bond acceptors (Lipinski definition) is 6. The first-order valence-electron chi connectivity index (χ1n) is 8.28. The van der Waals surface area contributed by atoms with Crippen LogP contribution in [0.1, 0.15) is 28.9 Å².